The molecule has 0 saturated heterocycles. The molecule has 0 amide bonds. The number of hydrogen-bond donors (Lipinski definition) is 2. The minimum Gasteiger partial charge on any atom is -0.396 e. The number of aliphatic hydroxyl groups is 1. The summed E-state index contributed by atoms with van der Waals surface area (Å²) in [5.41, 5.74) is 0.926. The number of nitrogens with zero attached hydrogens (tertiary/aromatic N) is 1. The van der Waals surface area contributed by atoms with Crippen LogP contribution in [0.1, 0.15) is 19.4 Å². The highest BCUT2D eigenvalue weighted by molar-refractivity contribution is 7.89. The number of hydrogen-bond acceptors (Lipinski definition) is 4. The Morgan fingerprint density at radius 1 is 1.15 bits per heavy atom. The van der Waals surface area contributed by atoms with E-state index in [9.17, 15) is 8.42 Å². The van der Waals surface area contributed by atoms with Crippen LogP contribution in [0.5, 0.6) is 0 Å². The summed E-state index contributed by atoms with van der Waals surface area (Å²) in [5, 5.41) is 8.83. The molecule has 0 aromatic heterocycles. The standard InChI is InChI=1S/C14H24N2O3S/c1-3-16(4-2)11-10-15-20(18,19)14-7-5-13(6-8-14)9-12-17/h5-8,15,17H,3-4,9-12H2,1-2H3. The molecule has 0 heterocycles. The fourth-order valence-corrected chi connectivity index (χ4v) is 2.95. The van der Waals surface area contributed by atoms with E-state index in [0.717, 1.165) is 18.7 Å². The molecular formula is C14H24N2O3S. The normalized spacial score (nSPS) is 12.0. The average molecular weight is 300 g/mol. The lowest BCUT2D eigenvalue weighted by molar-refractivity contribution is 0.299. The maximum absolute atomic E-state index is 12.1. The largest absolute Gasteiger partial charge is 0.396 e. The summed E-state index contributed by atoms with van der Waals surface area (Å²) in [6.07, 6.45) is 0.537. The van der Waals surface area contributed by atoms with E-state index in [0.29, 0.717) is 19.5 Å². The van der Waals surface area contributed by atoms with E-state index in [-0.39, 0.29) is 11.5 Å². The molecule has 1 aromatic carbocycles. The van der Waals surface area contributed by atoms with Crippen LogP contribution in [0, 0.1) is 0 Å². The molecule has 0 spiro atoms. The Kier molecular flexibility index (Phi) is 7.15. The molecule has 0 aliphatic heterocycles. The van der Waals surface area contributed by atoms with Crippen LogP contribution in [-0.4, -0.2) is 51.2 Å². The van der Waals surface area contributed by atoms with Crippen molar-refractivity contribution >= 4 is 10.0 Å². The highest BCUT2D eigenvalue weighted by Crippen LogP contribution is 2.10. The second-order valence-electron chi connectivity index (χ2n) is 4.54. The minimum atomic E-state index is -3.44. The van der Waals surface area contributed by atoms with Crippen molar-refractivity contribution in [2.75, 3.05) is 32.8 Å². The van der Waals surface area contributed by atoms with E-state index >= 15 is 0 Å². The first kappa shape index (κ1) is 17.1. The topological polar surface area (TPSA) is 69.6 Å². The molecule has 0 aliphatic carbocycles. The van der Waals surface area contributed by atoms with Crippen molar-refractivity contribution in [3.05, 3.63) is 29.8 Å². The van der Waals surface area contributed by atoms with Crippen molar-refractivity contribution in [3.63, 3.8) is 0 Å². The van der Waals surface area contributed by atoms with E-state index in [2.05, 4.69) is 23.5 Å². The Balaban J connectivity index is 2.59. The summed E-state index contributed by atoms with van der Waals surface area (Å²) < 4.78 is 26.8. The van der Waals surface area contributed by atoms with Gasteiger partial charge in [0, 0.05) is 19.7 Å². The second kappa shape index (κ2) is 8.36. The monoisotopic (exact) mass is 300 g/mol. The minimum absolute atomic E-state index is 0.0637. The molecule has 0 unspecified atom stereocenters. The van der Waals surface area contributed by atoms with Gasteiger partial charge < -0.3 is 10.0 Å². The molecule has 2 N–H and O–H groups in total. The first-order chi connectivity index (χ1) is 9.53. The number of rotatable bonds is 9. The second-order valence-corrected chi connectivity index (χ2v) is 6.31. The fourth-order valence-electron chi connectivity index (χ4n) is 1.93. The van der Waals surface area contributed by atoms with Crippen LogP contribution >= 0.6 is 0 Å². The van der Waals surface area contributed by atoms with Gasteiger partial charge >= 0.3 is 0 Å². The summed E-state index contributed by atoms with van der Waals surface area (Å²) in [7, 11) is -3.44. The van der Waals surface area contributed by atoms with Gasteiger partial charge in [0.05, 0.1) is 4.90 Å². The van der Waals surface area contributed by atoms with Crippen molar-refractivity contribution in [3.8, 4) is 0 Å². The lowest BCUT2D eigenvalue weighted by Gasteiger charge is -2.18. The van der Waals surface area contributed by atoms with Gasteiger partial charge in [-0.05, 0) is 37.2 Å². The zero-order valence-electron chi connectivity index (χ0n) is 12.2. The van der Waals surface area contributed by atoms with Crippen molar-refractivity contribution in [1.29, 1.82) is 0 Å². The number of sulfonamides is 1. The fraction of sp³-hybridized carbons (Fsp3) is 0.571. The molecule has 0 saturated carbocycles. The molecule has 5 nitrogen and oxygen atoms in total. The molecule has 20 heavy (non-hydrogen) atoms. The maximum Gasteiger partial charge on any atom is 0.240 e. The van der Waals surface area contributed by atoms with Gasteiger partial charge in [0.1, 0.15) is 0 Å². The molecule has 0 fully saturated rings. The Labute approximate surface area is 121 Å². The van der Waals surface area contributed by atoms with E-state index < -0.39 is 10.0 Å². The molecule has 1 rings (SSSR count). The van der Waals surface area contributed by atoms with Gasteiger partial charge in [-0.3, -0.25) is 0 Å². The van der Waals surface area contributed by atoms with E-state index in [1.165, 1.54) is 0 Å². The molecule has 1 aromatic rings. The van der Waals surface area contributed by atoms with Crippen molar-refractivity contribution < 1.29 is 13.5 Å². The van der Waals surface area contributed by atoms with E-state index in [1.54, 1.807) is 24.3 Å². The third-order valence-corrected chi connectivity index (χ3v) is 4.73. The highest BCUT2D eigenvalue weighted by Gasteiger charge is 2.13. The smallest absolute Gasteiger partial charge is 0.240 e. The first-order valence-corrected chi connectivity index (χ1v) is 8.43. The lowest BCUT2D eigenvalue weighted by atomic mass is 10.2. The van der Waals surface area contributed by atoms with Crippen LogP contribution in [0.15, 0.2) is 29.2 Å². The number of nitrogens with one attached hydrogen (secondary N) is 1. The average Bonchev–Trinajstić information content (AvgIpc) is 2.44. The lowest BCUT2D eigenvalue weighted by Crippen LogP contribution is -2.34. The zero-order chi connectivity index (χ0) is 15.0. The van der Waals surface area contributed by atoms with Crippen LogP contribution in [0.3, 0.4) is 0 Å². The van der Waals surface area contributed by atoms with Gasteiger partial charge in [0.2, 0.25) is 10.0 Å². The Morgan fingerprint density at radius 2 is 1.75 bits per heavy atom. The van der Waals surface area contributed by atoms with Gasteiger partial charge in [0.15, 0.2) is 0 Å². The molecule has 6 heteroatoms. The summed E-state index contributed by atoms with van der Waals surface area (Å²) >= 11 is 0. The summed E-state index contributed by atoms with van der Waals surface area (Å²) in [5.74, 6) is 0. The third-order valence-electron chi connectivity index (χ3n) is 3.25. The van der Waals surface area contributed by atoms with Crippen LogP contribution in [0.4, 0.5) is 0 Å². The van der Waals surface area contributed by atoms with Crippen LogP contribution in [-0.2, 0) is 16.4 Å². The molecular weight excluding hydrogens is 276 g/mol. The van der Waals surface area contributed by atoms with Gasteiger partial charge in [-0.25, -0.2) is 13.1 Å². The molecule has 114 valence electrons. The van der Waals surface area contributed by atoms with Crippen molar-refractivity contribution in [1.82, 2.24) is 9.62 Å². The highest BCUT2D eigenvalue weighted by atomic mass is 32.2. The van der Waals surface area contributed by atoms with Crippen LogP contribution < -0.4 is 4.72 Å². The number of benzene rings is 1. The quantitative estimate of drug-likeness (QED) is 0.709. The van der Waals surface area contributed by atoms with E-state index in [4.69, 9.17) is 5.11 Å². The summed E-state index contributed by atoms with van der Waals surface area (Å²) in [6, 6.07) is 6.61. The maximum atomic E-state index is 12.1. The number of aliphatic hydroxyl groups excluding tert-OH is 1. The van der Waals surface area contributed by atoms with Crippen LogP contribution in [0.25, 0.3) is 0 Å². The van der Waals surface area contributed by atoms with Crippen molar-refractivity contribution in [2.45, 2.75) is 25.2 Å². The van der Waals surface area contributed by atoms with Gasteiger partial charge in [-0.15, -0.1) is 0 Å². The first-order valence-electron chi connectivity index (χ1n) is 6.95. The third kappa shape index (κ3) is 5.20. The van der Waals surface area contributed by atoms with Crippen LogP contribution in [0.2, 0.25) is 0 Å². The summed E-state index contributed by atoms with van der Waals surface area (Å²) in [6.45, 7) is 7.10. The van der Waals surface area contributed by atoms with Crippen molar-refractivity contribution in [2.24, 2.45) is 0 Å². The Bertz CT molecular complexity index is 482. The SMILES string of the molecule is CCN(CC)CCNS(=O)(=O)c1ccc(CCO)cc1. The molecule has 0 radical (unpaired) electrons. The molecule has 0 aliphatic rings. The Morgan fingerprint density at radius 3 is 2.25 bits per heavy atom. The van der Waals surface area contributed by atoms with Gasteiger partial charge in [-0.2, -0.15) is 0 Å². The zero-order valence-corrected chi connectivity index (χ0v) is 13.0. The molecule has 0 atom stereocenters. The predicted octanol–water partition coefficient (Wildman–Crippen LogP) is 0.841. The number of likely N-dealkylation sites (N-methyl/N-ethyl adjacent to an activating group) is 1. The predicted molar refractivity (Wildman–Crippen MR) is 80.2 cm³/mol. The van der Waals surface area contributed by atoms with Gasteiger partial charge in [0.25, 0.3) is 0 Å². The van der Waals surface area contributed by atoms with Gasteiger partial charge in [-0.1, -0.05) is 26.0 Å². The van der Waals surface area contributed by atoms with E-state index in [1.807, 2.05) is 0 Å². The molecule has 0 bridgehead atoms. The Hall–Kier alpha value is -0.950. The summed E-state index contributed by atoms with van der Waals surface area (Å²) in [4.78, 5) is 2.42.